The van der Waals surface area contributed by atoms with Gasteiger partial charge in [-0.2, -0.15) is 0 Å². The van der Waals surface area contributed by atoms with Crippen molar-refractivity contribution in [3.63, 3.8) is 0 Å². The Kier molecular flexibility index (Phi) is 10.9. The minimum atomic E-state index is -3.35. The van der Waals surface area contributed by atoms with E-state index in [0.717, 1.165) is 51.7 Å². The summed E-state index contributed by atoms with van der Waals surface area (Å²) < 4.78 is 38.9. The Bertz CT molecular complexity index is 1490. The molecule has 232 valence electrons. The molecule has 10 heteroatoms. The monoisotopic (exact) mass is 613 g/mol. The van der Waals surface area contributed by atoms with E-state index in [2.05, 4.69) is 0 Å². The van der Waals surface area contributed by atoms with Crippen LogP contribution in [0.15, 0.2) is 48.5 Å². The summed E-state index contributed by atoms with van der Waals surface area (Å²) in [5.74, 6) is -1.27. The Morgan fingerprint density at radius 1 is 1.07 bits per heavy atom. The Balaban J connectivity index is 1.78. The predicted octanol–water partition coefficient (Wildman–Crippen LogP) is 7.10. The number of nitrogens with zero attached hydrogens (tertiary/aromatic N) is 1. The molecule has 2 aromatic carbocycles. The van der Waals surface area contributed by atoms with Crippen molar-refractivity contribution in [2.24, 2.45) is 0 Å². The molecule has 3 N–H and O–H groups in total. The average Bonchev–Trinajstić information content (AvgIpc) is 3.75. The summed E-state index contributed by atoms with van der Waals surface area (Å²) in [6.07, 6.45) is 2.51. The molecular formula is C33H41FNO7P. The molecule has 0 unspecified atom stereocenters. The number of hydrogen-bond acceptors (Lipinski definition) is 7. The Morgan fingerprint density at radius 2 is 1.72 bits per heavy atom. The lowest BCUT2D eigenvalue weighted by Gasteiger charge is -2.23. The topological polar surface area (TPSA) is 126 Å². The number of carboxylic acids is 1. The molecule has 1 aromatic heterocycles. The van der Waals surface area contributed by atoms with E-state index in [1.165, 1.54) is 12.1 Å². The largest absolute Gasteiger partial charge is 0.481 e. The summed E-state index contributed by atoms with van der Waals surface area (Å²) in [4.78, 5) is 16.0. The van der Waals surface area contributed by atoms with E-state index in [4.69, 9.17) is 19.1 Å². The molecule has 1 heterocycles. The van der Waals surface area contributed by atoms with Crippen LogP contribution in [0.2, 0.25) is 0 Å². The van der Waals surface area contributed by atoms with Gasteiger partial charge < -0.3 is 24.4 Å². The van der Waals surface area contributed by atoms with Crippen LogP contribution in [0.5, 0.6) is 0 Å². The molecule has 0 amide bonds. The van der Waals surface area contributed by atoms with Gasteiger partial charge in [-0.1, -0.05) is 30.4 Å². The molecule has 2 atom stereocenters. The number of aliphatic carboxylic acids is 1. The van der Waals surface area contributed by atoms with Crippen LogP contribution >= 0.6 is 7.60 Å². The molecule has 0 spiro atoms. The van der Waals surface area contributed by atoms with Gasteiger partial charge in [0.1, 0.15) is 5.82 Å². The van der Waals surface area contributed by atoms with Gasteiger partial charge in [-0.15, -0.1) is 0 Å². The number of aryl methyl sites for hydroxylation is 1. The smallest absolute Gasteiger partial charge is 0.331 e. The van der Waals surface area contributed by atoms with Crippen molar-refractivity contribution in [3.8, 4) is 11.1 Å². The van der Waals surface area contributed by atoms with Crippen LogP contribution in [0.1, 0.15) is 76.1 Å². The molecule has 0 radical (unpaired) electrons. The van der Waals surface area contributed by atoms with Crippen LogP contribution in [0.3, 0.4) is 0 Å². The average molecular weight is 614 g/mol. The number of fused-ring (bicyclic) bond motifs is 1. The van der Waals surface area contributed by atoms with Gasteiger partial charge in [-0.25, -0.2) is 4.39 Å². The standard InChI is InChI=1S/C33H41FNO7P/c1-20(2)41-43(40,42-21(3)4)16-15-22-5-14-30-29(17-22)32(23-8-10-25(34)11-9-23)28(33(35-30)24-6-7-24)13-12-26(36)18-27(37)19-31(38)39/h5,8-14,17,20-21,24,26-27,36-37H,6-7,15-16,18-19H2,1-4H3,(H,38,39)/b13-12+/t26-,27-/m1/s1. The molecule has 43 heavy (non-hydrogen) atoms. The first kappa shape index (κ1) is 33.0. The van der Waals surface area contributed by atoms with Crippen LogP contribution in [-0.2, 0) is 24.8 Å². The number of hydrogen-bond donors (Lipinski definition) is 3. The molecular weight excluding hydrogens is 572 g/mol. The fraction of sp³-hybridized carbons (Fsp3) is 0.455. The number of aromatic nitrogens is 1. The van der Waals surface area contributed by atoms with Crippen molar-refractivity contribution in [2.75, 3.05) is 6.16 Å². The van der Waals surface area contributed by atoms with E-state index in [0.29, 0.717) is 6.42 Å². The van der Waals surface area contributed by atoms with Gasteiger partial charge >= 0.3 is 13.6 Å². The number of halogens is 1. The van der Waals surface area contributed by atoms with Crippen molar-refractivity contribution in [2.45, 2.75) is 90.1 Å². The van der Waals surface area contributed by atoms with Crippen LogP contribution in [0.4, 0.5) is 4.39 Å². The molecule has 4 rings (SSSR count). The van der Waals surface area contributed by atoms with Crippen molar-refractivity contribution in [3.05, 3.63) is 71.2 Å². The lowest BCUT2D eigenvalue weighted by atomic mass is 9.91. The molecule has 0 aliphatic heterocycles. The number of benzene rings is 2. The highest BCUT2D eigenvalue weighted by atomic mass is 31.2. The van der Waals surface area contributed by atoms with E-state index in [1.54, 1.807) is 24.3 Å². The molecule has 1 aliphatic rings. The second-order valence-corrected chi connectivity index (χ2v) is 13.8. The number of carboxylic acid groups (broad SMARTS) is 1. The van der Waals surface area contributed by atoms with Crippen molar-refractivity contribution >= 4 is 30.5 Å². The molecule has 8 nitrogen and oxygen atoms in total. The van der Waals surface area contributed by atoms with Gasteiger partial charge in [0.05, 0.1) is 48.2 Å². The molecule has 1 fully saturated rings. The molecule has 0 bridgehead atoms. The first-order valence-electron chi connectivity index (χ1n) is 14.8. The number of aliphatic hydroxyl groups is 2. The summed E-state index contributed by atoms with van der Waals surface area (Å²) in [5, 5.41) is 30.4. The third-order valence-electron chi connectivity index (χ3n) is 7.04. The summed E-state index contributed by atoms with van der Waals surface area (Å²) >= 11 is 0. The predicted molar refractivity (Wildman–Crippen MR) is 166 cm³/mol. The van der Waals surface area contributed by atoms with Crippen molar-refractivity contribution < 1.29 is 38.1 Å². The van der Waals surface area contributed by atoms with Gasteiger partial charge in [0.15, 0.2) is 0 Å². The van der Waals surface area contributed by atoms with Gasteiger partial charge in [0.2, 0.25) is 0 Å². The maximum absolute atomic E-state index is 14.0. The lowest BCUT2D eigenvalue weighted by molar-refractivity contribution is -0.139. The fourth-order valence-corrected chi connectivity index (χ4v) is 7.23. The number of rotatable bonds is 15. The highest BCUT2D eigenvalue weighted by Gasteiger charge is 2.31. The third kappa shape index (κ3) is 9.27. The van der Waals surface area contributed by atoms with E-state index in [-0.39, 0.29) is 36.5 Å². The fourth-order valence-electron chi connectivity index (χ4n) is 5.15. The number of aliphatic hydroxyl groups excluding tert-OH is 2. The zero-order valence-corrected chi connectivity index (χ0v) is 26.0. The van der Waals surface area contributed by atoms with Gasteiger partial charge in [0.25, 0.3) is 0 Å². The maximum Gasteiger partial charge on any atom is 0.331 e. The molecule has 0 saturated heterocycles. The normalized spacial score (nSPS) is 15.6. The summed E-state index contributed by atoms with van der Waals surface area (Å²) in [7, 11) is -3.35. The quantitative estimate of drug-likeness (QED) is 0.155. The Hall–Kier alpha value is -2.94. The van der Waals surface area contributed by atoms with Crippen LogP contribution in [-0.4, -0.2) is 56.9 Å². The van der Waals surface area contributed by atoms with Gasteiger partial charge in [-0.05, 0) is 82.3 Å². The first-order valence-corrected chi connectivity index (χ1v) is 16.5. The Morgan fingerprint density at radius 3 is 2.30 bits per heavy atom. The van der Waals surface area contributed by atoms with Crippen molar-refractivity contribution in [1.82, 2.24) is 4.98 Å². The van der Waals surface area contributed by atoms with E-state index >= 15 is 0 Å². The number of carbonyl (C=O) groups is 1. The molecule has 1 saturated carbocycles. The Labute approximate surface area is 252 Å². The highest BCUT2D eigenvalue weighted by molar-refractivity contribution is 7.53. The summed E-state index contributed by atoms with van der Waals surface area (Å²) in [6.45, 7) is 7.29. The van der Waals surface area contributed by atoms with E-state index in [1.807, 2.05) is 45.9 Å². The van der Waals surface area contributed by atoms with Gasteiger partial charge in [0, 0.05) is 28.9 Å². The highest BCUT2D eigenvalue weighted by Crippen LogP contribution is 2.51. The van der Waals surface area contributed by atoms with Crippen LogP contribution in [0, 0.1) is 5.82 Å². The minimum Gasteiger partial charge on any atom is -0.481 e. The van der Waals surface area contributed by atoms with E-state index < -0.39 is 32.2 Å². The molecule has 3 aromatic rings. The van der Waals surface area contributed by atoms with Crippen LogP contribution < -0.4 is 0 Å². The maximum atomic E-state index is 14.0. The third-order valence-corrected chi connectivity index (χ3v) is 9.30. The first-order chi connectivity index (χ1) is 20.3. The zero-order chi connectivity index (χ0) is 31.3. The van der Waals surface area contributed by atoms with Crippen molar-refractivity contribution in [1.29, 1.82) is 0 Å². The zero-order valence-electron chi connectivity index (χ0n) is 25.1. The van der Waals surface area contributed by atoms with E-state index in [9.17, 15) is 24.0 Å². The second-order valence-electron chi connectivity index (χ2n) is 11.7. The molecule has 1 aliphatic carbocycles. The lowest BCUT2D eigenvalue weighted by Crippen LogP contribution is -2.19. The number of pyridine rings is 1. The van der Waals surface area contributed by atoms with Crippen LogP contribution in [0.25, 0.3) is 28.1 Å². The SMILES string of the molecule is CC(C)OP(=O)(CCc1ccc2nc(C3CC3)c(/C=C/[C@@H](O)C[C@@H](O)CC(=O)O)c(-c3ccc(F)cc3)c2c1)OC(C)C. The summed E-state index contributed by atoms with van der Waals surface area (Å²) in [5.41, 5.74) is 4.91. The van der Waals surface area contributed by atoms with Gasteiger partial charge in [-0.3, -0.25) is 14.3 Å². The summed E-state index contributed by atoms with van der Waals surface area (Å²) in [6, 6.07) is 12.1. The minimum absolute atomic E-state index is 0.129. The second kappa shape index (κ2) is 14.2.